The predicted molar refractivity (Wildman–Crippen MR) is 54.9 cm³/mol. The molecule has 0 saturated carbocycles. The number of nitrogens with zero attached hydrogens (tertiary/aromatic N) is 1. The zero-order valence-corrected chi connectivity index (χ0v) is 8.63. The molecule has 1 aromatic rings. The van der Waals surface area contributed by atoms with Crippen molar-refractivity contribution in [3.8, 4) is 6.07 Å². The molecule has 0 radical (unpaired) electrons. The number of hydrogen-bond acceptors (Lipinski definition) is 3. The molecular formula is C10H10ClFN2O. The monoisotopic (exact) mass is 228 g/mol. The molecule has 0 aliphatic rings. The van der Waals surface area contributed by atoms with Crippen LogP contribution in [0, 0.1) is 17.1 Å². The van der Waals surface area contributed by atoms with Gasteiger partial charge in [0.25, 0.3) is 0 Å². The summed E-state index contributed by atoms with van der Waals surface area (Å²) in [5, 5.41) is 20.2. The summed E-state index contributed by atoms with van der Waals surface area (Å²) in [6.07, 6.45) is 0. The van der Waals surface area contributed by atoms with Crippen LogP contribution < -0.4 is 5.32 Å². The Morgan fingerprint density at radius 1 is 1.60 bits per heavy atom. The fraction of sp³-hybridized carbons (Fsp3) is 0.300. The topological polar surface area (TPSA) is 56.0 Å². The van der Waals surface area contributed by atoms with Gasteiger partial charge in [0, 0.05) is 0 Å². The van der Waals surface area contributed by atoms with Gasteiger partial charge in [-0.05, 0) is 17.7 Å². The Kier molecular flexibility index (Phi) is 4.50. The molecule has 0 aromatic heterocycles. The molecule has 3 nitrogen and oxygen atoms in total. The molecule has 1 unspecified atom stereocenters. The third kappa shape index (κ3) is 3.17. The van der Waals surface area contributed by atoms with E-state index in [4.69, 9.17) is 22.0 Å². The van der Waals surface area contributed by atoms with E-state index in [0.717, 1.165) is 0 Å². The summed E-state index contributed by atoms with van der Waals surface area (Å²) in [7, 11) is 0. The summed E-state index contributed by atoms with van der Waals surface area (Å²) >= 11 is 5.52. The molecule has 1 rings (SSSR count). The standard InChI is InChI=1S/C10H10ClFN2O/c11-8-2-1-7(5-9(8)12)10(6-15)14-4-3-13/h1-2,5,10,14-15H,4,6H2. The van der Waals surface area contributed by atoms with Gasteiger partial charge in [-0.15, -0.1) is 0 Å². The minimum atomic E-state index is -0.536. The molecule has 0 aliphatic carbocycles. The second kappa shape index (κ2) is 5.66. The van der Waals surface area contributed by atoms with Crippen LogP contribution in [-0.4, -0.2) is 18.3 Å². The van der Waals surface area contributed by atoms with Gasteiger partial charge in [0.1, 0.15) is 5.82 Å². The van der Waals surface area contributed by atoms with Crippen molar-refractivity contribution in [2.45, 2.75) is 6.04 Å². The van der Waals surface area contributed by atoms with Crippen molar-refractivity contribution in [2.24, 2.45) is 0 Å². The lowest BCUT2D eigenvalue weighted by atomic mass is 10.1. The van der Waals surface area contributed by atoms with Crippen LogP contribution in [0.15, 0.2) is 18.2 Å². The van der Waals surface area contributed by atoms with E-state index in [2.05, 4.69) is 5.32 Å². The summed E-state index contributed by atoms with van der Waals surface area (Å²) in [5.74, 6) is -0.536. The quantitative estimate of drug-likeness (QED) is 0.770. The average molecular weight is 229 g/mol. The predicted octanol–water partition coefficient (Wildman–Crippen LogP) is 1.63. The van der Waals surface area contributed by atoms with Gasteiger partial charge in [0.15, 0.2) is 0 Å². The number of aliphatic hydroxyl groups is 1. The van der Waals surface area contributed by atoms with Crippen LogP contribution in [0.2, 0.25) is 5.02 Å². The molecule has 1 aromatic carbocycles. The Balaban J connectivity index is 2.83. The third-order valence-electron chi connectivity index (χ3n) is 1.96. The van der Waals surface area contributed by atoms with E-state index < -0.39 is 11.9 Å². The normalized spacial score (nSPS) is 12.1. The second-order valence-corrected chi connectivity index (χ2v) is 3.35. The molecule has 0 heterocycles. The van der Waals surface area contributed by atoms with Crippen LogP contribution in [-0.2, 0) is 0 Å². The maximum Gasteiger partial charge on any atom is 0.142 e. The van der Waals surface area contributed by atoms with Crippen LogP contribution in [0.3, 0.4) is 0 Å². The first-order valence-electron chi connectivity index (χ1n) is 4.35. The lowest BCUT2D eigenvalue weighted by Gasteiger charge is -2.14. The van der Waals surface area contributed by atoms with E-state index in [1.807, 2.05) is 6.07 Å². The molecule has 15 heavy (non-hydrogen) atoms. The van der Waals surface area contributed by atoms with Gasteiger partial charge in [0.05, 0.1) is 30.3 Å². The lowest BCUT2D eigenvalue weighted by molar-refractivity contribution is 0.248. The van der Waals surface area contributed by atoms with Crippen LogP contribution >= 0.6 is 11.6 Å². The first kappa shape index (κ1) is 11.9. The van der Waals surface area contributed by atoms with Gasteiger partial charge in [-0.25, -0.2) is 4.39 Å². The third-order valence-corrected chi connectivity index (χ3v) is 2.26. The first-order chi connectivity index (χ1) is 7.19. The molecule has 0 fully saturated rings. The fourth-order valence-corrected chi connectivity index (χ4v) is 1.30. The molecular weight excluding hydrogens is 219 g/mol. The van der Waals surface area contributed by atoms with Crippen LogP contribution in [0.25, 0.3) is 0 Å². The molecule has 0 bridgehead atoms. The minimum absolute atomic E-state index is 0.0377. The zero-order chi connectivity index (χ0) is 11.3. The van der Waals surface area contributed by atoms with E-state index in [1.165, 1.54) is 12.1 Å². The zero-order valence-electron chi connectivity index (χ0n) is 7.87. The Labute approximate surface area is 92.1 Å². The molecule has 5 heteroatoms. The number of nitriles is 1. The number of nitrogens with one attached hydrogen (secondary N) is 1. The first-order valence-corrected chi connectivity index (χ1v) is 4.73. The summed E-state index contributed by atoms with van der Waals surface area (Å²) in [5.41, 5.74) is 0.564. The van der Waals surface area contributed by atoms with Crippen molar-refractivity contribution in [1.82, 2.24) is 5.32 Å². The Hall–Kier alpha value is -1.15. The van der Waals surface area contributed by atoms with Crippen molar-refractivity contribution in [2.75, 3.05) is 13.2 Å². The van der Waals surface area contributed by atoms with E-state index >= 15 is 0 Å². The second-order valence-electron chi connectivity index (χ2n) is 2.95. The van der Waals surface area contributed by atoms with Crippen LogP contribution in [0.1, 0.15) is 11.6 Å². The van der Waals surface area contributed by atoms with Crippen molar-refractivity contribution < 1.29 is 9.50 Å². The highest BCUT2D eigenvalue weighted by Gasteiger charge is 2.11. The number of aliphatic hydroxyl groups excluding tert-OH is 1. The van der Waals surface area contributed by atoms with E-state index in [0.29, 0.717) is 5.56 Å². The molecule has 0 spiro atoms. The van der Waals surface area contributed by atoms with Gasteiger partial charge in [-0.3, -0.25) is 5.32 Å². The van der Waals surface area contributed by atoms with Gasteiger partial charge in [-0.2, -0.15) is 5.26 Å². The van der Waals surface area contributed by atoms with Crippen LogP contribution in [0.4, 0.5) is 4.39 Å². The fourth-order valence-electron chi connectivity index (χ4n) is 1.19. The molecule has 0 aliphatic heterocycles. The van der Waals surface area contributed by atoms with Gasteiger partial charge < -0.3 is 5.11 Å². The van der Waals surface area contributed by atoms with E-state index in [1.54, 1.807) is 6.07 Å². The Bertz CT molecular complexity index is 378. The molecule has 0 saturated heterocycles. The average Bonchev–Trinajstić information content (AvgIpc) is 2.24. The number of halogens is 2. The van der Waals surface area contributed by atoms with Gasteiger partial charge in [-0.1, -0.05) is 17.7 Å². The smallest absolute Gasteiger partial charge is 0.142 e. The molecule has 2 N–H and O–H groups in total. The molecule has 1 atom stereocenters. The maximum absolute atomic E-state index is 13.1. The summed E-state index contributed by atoms with van der Waals surface area (Å²) in [6, 6.07) is 5.71. The number of rotatable bonds is 4. The van der Waals surface area contributed by atoms with Crippen LogP contribution in [0.5, 0.6) is 0 Å². The largest absolute Gasteiger partial charge is 0.394 e. The van der Waals surface area contributed by atoms with Gasteiger partial charge in [0.2, 0.25) is 0 Å². The molecule has 80 valence electrons. The Morgan fingerprint density at radius 2 is 2.33 bits per heavy atom. The van der Waals surface area contributed by atoms with Gasteiger partial charge >= 0.3 is 0 Å². The highest BCUT2D eigenvalue weighted by atomic mass is 35.5. The highest BCUT2D eigenvalue weighted by Crippen LogP contribution is 2.19. The SMILES string of the molecule is N#CCNC(CO)c1ccc(Cl)c(F)c1. The number of benzene rings is 1. The summed E-state index contributed by atoms with van der Waals surface area (Å²) in [6.45, 7) is -0.113. The lowest BCUT2D eigenvalue weighted by Crippen LogP contribution is -2.24. The highest BCUT2D eigenvalue weighted by molar-refractivity contribution is 6.30. The maximum atomic E-state index is 13.1. The minimum Gasteiger partial charge on any atom is -0.394 e. The van der Waals surface area contributed by atoms with Crippen molar-refractivity contribution >= 4 is 11.6 Å². The summed E-state index contributed by atoms with van der Waals surface area (Å²) < 4.78 is 13.1. The molecule has 0 amide bonds. The van der Waals surface area contributed by atoms with E-state index in [-0.39, 0.29) is 18.2 Å². The van der Waals surface area contributed by atoms with Crippen molar-refractivity contribution in [3.63, 3.8) is 0 Å². The summed E-state index contributed by atoms with van der Waals surface area (Å²) in [4.78, 5) is 0. The van der Waals surface area contributed by atoms with Crippen molar-refractivity contribution in [1.29, 1.82) is 5.26 Å². The Morgan fingerprint density at radius 3 is 2.87 bits per heavy atom. The van der Waals surface area contributed by atoms with E-state index in [9.17, 15) is 4.39 Å². The van der Waals surface area contributed by atoms with Crippen molar-refractivity contribution in [3.05, 3.63) is 34.6 Å². The number of hydrogen-bond donors (Lipinski definition) is 2.